The molecule has 1 fully saturated rings. The Hall–Kier alpha value is -2.53. The fourth-order valence-electron chi connectivity index (χ4n) is 1.66. The molecule has 1 aromatic rings. The summed E-state index contributed by atoms with van der Waals surface area (Å²) in [5.41, 5.74) is 1.02. The maximum Gasteiger partial charge on any atom is 0.320 e. The average molecular weight is 240 g/mol. The molecular formula is C13H12N4O. The van der Waals surface area contributed by atoms with Crippen LogP contribution in [-0.2, 0) is 0 Å². The Morgan fingerprint density at radius 3 is 2.78 bits per heavy atom. The first kappa shape index (κ1) is 11.9. The average Bonchev–Trinajstić information content (AvgIpc) is 3.20. The second-order valence-corrected chi connectivity index (χ2v) is 4.24. The lowest BCUT2D eigenvalue weighted by atomic mass is 10.2. The van der Waals surface area contributed by atoms with Gasteiger partial charge in [0.15, 0.2) is 0 Å². The number of benzene rings is 1. The van der Waals surface area contributed by atoms with E-state index in [1.807, 2.05) is 6.07 Å². The summed E-state index contributed by atoms with van der Waals surface area (Å²) in [5, 5.41) is 22.9. The molecule has 5 nitrogen and oxygen atoms in total. The van der Waals surface area contributed by atoms with Crippen LogP contribution in [0.15, 0.2) is 24.3 Å². The van der Waals surface area contributed by atoms with Crippen LogP contribution in [0.3, 0.4) is 0 Å². The second-order valence-electron chi connectivity index (χ2n) is 4.24. The Kier molecular flexibility index (Phi) is 3.45. The van der Waals surface area contributed by atoms with Crippen molar-refractivity contribution in [2.45, 2.75) is 18.9 Å². The number of carbonyl (C=O) groups excluding carboxylic acids is 1. The summed E-state index contributed by atoms with van der Waals surface area (Å²) in [5.74, 6) is 0.284. The highest BCUT2D eigenvalue weighted by atomic mass is 16.2. The standard InChI is InChI=1S/C13H12N4O/c14-7-9-2-1-3-11(6-9)16-13(18)17-12(8-15)10-4-5-10/h1-3,6,10,12H,4-5H2,(H2,16,17,18). The van der Waals surface area contributed by atoms with Crippen molar-refractivity contribution in [3.63, 3.8) is 0 Å². The fraction of sp³-hybridized carbons (Fsp3) is 0.308. The summed E-state index contributed by atoms with van der Waals surface area (Å²) < 4.78 is 0. The van der Waals surface area contributed by atoms with Gasteiger partial charge in [-0.1, -0.05) is 6.07 Å². The zero-order chi connectivity index (χ0) is 13.0. The van der Waals surface area contributed by atoms with Crippen molar-refractivity contribution in [1.82, 2.24) is 5.32 Å². The lowest BCUT2D eigenvalue weighted by Crippen LogP contribution is -2.38. The van der Waals surface area contributed by atoms with Gasteiger partial charge in [0, 0.05) is 5.69 Å². The minimum absolute atomic E-state index is 0.284. The minimum Gasteiger partial charge on any atom is -0.322 e. The van der Waals surface area contributed by atoms with Crippen LogP contribution in [0, 0.1) is 28.6 Å². The molecule has 0 heterocycles. The maximum atomic E-state index is 11.7. The van der Waals surface area contributed by atoms with Gasteiger partial charge in [-0.25, -0.2) is 4.79 Å². The molecule has 2 rings (SSSR count). The number of nitrogens with zero attached hydrogens (tertiary/aromatic N) is 2. The Bertz CT molecular complexity index is 537. The molecule has 1 atom stereocenters. The summed E-state index contributed by atoms with van der Waals surface area (Å²) in [7, 11) is 0. The molecule has 0 aromatic heterocycles. The number of rotatable bonds is 3. The number of anilines is 1. The van der Waals surface area contributed by atoms with E-state index >= 15 is 0 Å². The Labute approximate surface area is 105 Å². The zero-order valence-electron chi connectivity index (χ0n) is 9.68. The number of hydrogen-bond donors (Lipinski definition) is 2. The molecule has 1 aromatic carbocycles. The molecule has 1 saturated carbocycles. The van der Waals surface area contributed by atoms with E-state index in [2.05, 4.69) is 16.7 Å². The second kappa shape index (κ2) is 5.20. The van der Waals surface area contributed by atoms with E-state index in [1.165, 1.54) is 0 Å². The lowest BCUT2D eigenvalue weighted by molar-refractivity contribution is 0.249. The van der Waals surface area contributed by atoms with Gasteiger partial charge >= 0.3 is 6.03 Å². The molecule has 90 valence electrons. The first-order valence-electron chi connectivity index (χ1n) is 5.70. The predicted octanol–water partition coefficient (Wildman–Crippen LogP) is 1.98. The van der Waals surface area contributed by atoms with Crippen LogP contribution in [-0.4, -0.2) is 12.1 Å². The Morgan fingerprint density at radius 1 is 1.39 bits per heavy atom. The van der Waals surface area contributed by atoms with Crippen LogP contribution < -0.4 is 10.6 Å². The maximum absolute atomic E-state index is 11.7. The third-order valence-corrected chi connectivity index (χ3v) is 2.77. The SMILES string of the molecule is N#Cc1cccc(NC(=O)NC(C#N)C2CC2)c1. The molecule has 1 aliphatic rings. The van der Waals surface area contributed by atoms with Gasteiger partial charge < -0.3 is 10.6 Å². The summed E-state index contributed by atoms with van der Waals surface area (Å²) >= 11 is 0. The van der Waals surface area contributed by atoms with Crippen LogP contribution in [0.4, 0.5) is 10.5 Å². The van der Waals surface area contributed by atoms with Crippen LogP contribution in [0.1, 0.15) is 18.4 Å². The monoisotopic (exact) mass is 240 g/mol. The largest absolute Gasteiger partial charge is 0.322 e. The summed E-state index contributed by atoms with van der Waals surface area (Å²) in [4.78, 5) is 11.7. The Morgan fingerprint density at radius 2 is 2.17 bits per heavy atom. The van der Waals surface area contributed by atoms with Crippen molar-refractivity contribution >= 4 is 11.7 Å². The first-order chi connectivity index (χ1) is 8.72. The molecule has 5 heteroatoms. The molecule has 0 bridgehead atoms. The molecule has 1 unspecified atom stereocenters. The highest BCUT2D eigenvalue weighted by Gasteiger charge is 2.32. The van der Waals surface area contributed by atoms with Crippen LogP contribution in [0.5, 0.6) is 0 Å². The highest BCUT2D eigenvalue weighted by molar-refractivity contribution is 5.89. The van der Waals surface area contributed by atoms with E-state index < -0.39 is 12.1 Å². The summed E-state index contributed by atoms with van der Waals surface area (Å²) in [6.07, 6.45) is 1.98. The van der Waals surface area contributed by atoms with Gasteiger partial charge in [-0.15, -0.1) is 0 Å². The van der Waals surface area contributed by atoms with E-state index in [1.54, 1.807) is 24.3 Å². The van der Waals surface area contributed by atoms with Crippen molar-refractivity contribution in [2.75, 3.05) is 5.32 Å². The molecule has 2 amide bonds. The number of nitriles is 2. The number of urea groups is 1. The number of amides is 2. The molecular weight excluding hydrogens is 228 g/mol. The van der Waals surface area contributed by atoms with Crippen molar-refractivity contribution in [3.8, 4) is 12.1 Å². The van der Waals surface area contributed by atoms with E-state index in [0.29, 0.717) is 11.3 Å². The van der Waals surface area contributed by atoms with Gasteiger partial charge in [-0.2, -0.15) is 10.5 Å². The van der Waals surface area contributed by atoms with Gasteiger partial charge in [-0.3, -0.25) is 0 Å². The molecule has 0 spiro atoms. The molecule has 2 N–H and O–H groups in total. The van der Waals surface area contributed by atoms with Crippen LogP contribution in [0.2, 0.25) is 0 Å². The Balaban J connectivity index is 1.94. The smallest absolute Gasteiger partial charge is 0.320 e. The topological polar surface area (TPSA) is 88.7 Å². The lowest BCUT2D eigenvalue weighted by Gasteiger charge is -2.11. The zero-order valence-corrected chi connectivity index (χ0v) is 9.68. The highest BCUT2D eigenvalue weighted by Crippen LogP contribution is 2.32. The minimum atomic E-state index is -0.427. The van der Waals surface area contributed by atoms with Crippen molar-refractivity contribution < 1.29 is 4.79 Å². The van der Waals surface area contributed by atoms with Gasteiger partial charge in [-0.05, 0) is 37.0 Å². The summed E-state index contributed by atoms with van der Waals surface area (Å²) in [6, 6.07) is 9.86. The van der Waals surface area contributed by atoms with Crippen LogP contribution >= 0.6 is 0 Å². The molecule has 0 aliphatic heterocycles. The fourth-order valence-corrected chi connectivity index (χ4v) is 1.66. The number of nitrogens with one attached hydrogen (secondary N) is 2. The third-order valence-electron chi connectivity index (χ3n) is 2.77. The van der Waals surface area contributed by atoms with Crippen molar-refractivity contribution in [3.05, 3.63) is 29.8 Å². The van der Waals surface area contributed by atoms with Gasteiger partial charge in [0.2, 0.25) is 0 Å². The van der Waals surface area contributed by atoms with Gasteiger partial charge in [0.05, 0.1) is 17.7 Å². The van der Waals surface area contributed by atoms with E-state index in [4.69, 9.17) is 10.5 Å². The van der Waals surface area contributed by atoms with E-state index in [9.17, 15) is 4.79 Å². The van der Waals surface area contributed by atoms with Crippen LogP contribution in [0.25, 0.3) is 0 Å². The molecule has 1 aliphatic carbocycles. The normalized spacial score (nSPS) is 15.0. The predicted molar refractivity (Wildman–Crippen MR) is 65.4 cm³/mol. The quantitative estimate of drug-likeness (QED) is 0.846. The van der Waals surface area contributed by atoms with Crippen molar-refractivity contribution in [1.29, 1.82) is 10.5 Å². The summed E-state index contributed by atoms with van der Waals surface area (Å²) in [6.45, 7) is 0. The van der Waals surface area contributed by atoms with Gasteiger partial charge in [0.25, 0.3) is 0 Å². The molecule has 18 heavy (non-hydrogen) atoms. The molecule has 0 saturated heterocycles. The van der Waals surface area contributed by atoms with E-state index in [-0.39, 0.29) is 5.92 Å². The number of carbonyl (C=O) groups is 1. The first-order valence-corrected chi connectivity index (χ1v) is 5.70. The molecule has 0 radical (unpaired) electrons. The van der Waals surface area contributed by atoms with E-state index in [0.717, 1.165) is 12.8 Å². The number of hydrogen-bond acceptors (Lipinski definition) is 3. The van der Waals surface area contributed by atoms with Crippen molar-refractivity contribution in [2.24, 2.45) is 5.92 Å². The van der Waals surface area contributed by atoms with Gasteiger partial charge in [0.1, 0.15) is 6.04 Å². The third kappa shape index (κ3) is 2.99.